The average Bonchev–Trinajstić information content (AvgIpc) is 3.11. The van der Waals surface area contributed by atoms with Crippen LogP contribution in [0.15, 0.2) is 84.0 Å². The molecule has 0 aliphatic rings. The van der Waals surface area contributed by atoms with Crippen LogP contribution in [0.1, 0.15) is 12.0 Å². The zero-order chi connectivity index (χ0) is 20.8. The van der Waals surface area contributed by atoms with Crippen LogP contribution < -0.4 is 10.2 Å². The van der Waals surface area contributed by atoms with Gasteiger partial charge >= 0.3 is 0 Å². The SMILES string of the molecule is COc1ccccc1C=CC=NNC(=O)CCn1c2ccccc2c2ccccc21. The summed E-state index contributed by atoms with van der Waals surface area (Å²) in [4.78, 5) is 12.3. The molecule has 0 aliphatic heterocycles. The molecule has 0 spiro atoms. The molecular formula is C25H23N3O2. The molecule has 0 saturated heterocycles. The molecule has 5 heteroatoms. The number of aryl methyl sites for hydroxylation is 1. The average molecular weight is 397 g/mol. The fraction of sp³-hybridized carbons (Fsp3) is 0.120. The number of ether oxygens (including phenoxy) is 1. The van der Waals surface area contributed by atoms with Crippen LogP contribution in [0.25, 0.3) is 27.9 Å². The van der Waals surface area contributed by atoms with Crippen LogP contribution in [0, 0.1) is 0 Å². The number of carbonyl (C=O) groups excluding carboxylic acids is 1. The van der Waals surface area contributed by atoms with Gasteiger partial charge in [0.05, 0.1) is 7.11 Å². The van der Waals surface area contributed by atoms with Crippen molar-refractivity contribution in [3.63, 3.8) is 0 Å². The van der Waals surface area contributed by atoms with E-state index in [1.54, 1.807) is 19.4 Å². The molecule has 0 atom stereocenters. The Morgan fingerprint density at radius 2 is 1.60 bits per heavy atom. The fourth-order valence-electron chi connectivity index (χ4n) is 3.62. The van der Waals surface area contributed by atoms with Crippen molar-refractivity contribution in [2.75, 3.05) is 7.11 Å². The van der Waals surface area contributed by atoms with Crippen molar-refractivity contribution < 1.29 is 9.53 Å². The van der Waals surface area contributed by atoms with Gasteiger partial charge in [-0.15, -0.1) is 0 Å². The van der Waals surface area contributed by atoms with E-state index in [2.05, 4.69) is 39.4 Å². The minimum absolute atomic E-state index is 0.126. The highest BCUT2D eigenvalue weighted by atomic mass is 16.5. The van der Waals surface area contributed by atoms with Crippen LogP contribution in [0.2, 0.25) is 0 Å². The maximum atomic E-state index is 12.3. The highest BCUT2D eigenvalue weighted by Crippen LogP contribution is 2.28. The molecule has 30 heavy (non-hydrogen) atoms. The van der Waals surface area contributed by atoms with Crippen LogP contribution >= 0.6 is 0 Å². The molecule has 0 saturated carbocycles. The largest absolute Gasteiger partial charge is 0.496 e. The van der Waals surface area contributed by atoms with Gasteiger partial charge in [-0.1, -0.05) is 54.6 Å². The van der Waals surface area contributed by atoms with Gasteiger partial charge in [-0.05, 0) is 30.4 Å². The Morgan fingerprint density at radius 3 is 2.30 bits per heavy atom. The van der Waals surface area contributed by atoms with Gasteiger partial charge in [-0.2, -0.15) is 5.10 Å². The molecule has 1 heterocycles. The lowest BCUT2D eigenvalue weighted by Crippen LogP contribution is -2.19. The number of carbonyl (C=O) groups is 1. The van der Waals surface area contributed by atoms with E-state index in [0.29, 0.717) is 13.0 Å². The second-order valence-electron chi connectivity index (χ2n) is 6.85. The Morgan fingerprint density at radius 1 is 0.967 bits per heavy atom. The molecule has 0 aliphatic carbocycles. The van der Waals surface area contributed by atoms with E-state index in [1.807, 2.05) is 54.6 Å². The molecule has 5 nitrogen and oxygen atoms in total. The quantitative estimate of drug-likeness (QED) is 0.352. The summed E-state index contributed by atoms with van der Waals surface area (Å²) in [5, 5.41) is 6.41. The number of aromatic nitrogens is 1. The minimum atomic E-state index is -0.126. The van der Waals surface area contributed by atoms with Crippen LogP contribution in [0.4, 0.5) is 0 Å². The van der Waals surface area contributed by atoms with Gasteiger partial charge in [-0.3, -0.25) is 4.79 Å². The summed E-state index contributed by atoms with van der Waals surface area (Å²) in [6.45, 7) is 0.590. The maximum Gasteiger partial charge on any atom is 0.241 e. The van der Waals surface area contributed by atoms with Gasteiger partial charge in [0.25, 0.3) is 0 Å². The molecular weight excluding hydrogens is 374 g/mol. The number of amides is 1. The Hall–Kier alpha value is -3.86. The van der Waals surface area contributed by atoms with Crippen LogP contribution in [-0.4, -0.2) is 23.8 Å². The molecule has 3 aromatic carbocycles. The second kappa shape index (κ2) is 9.09. The fourth-order valence-corrected chi connectivity index (χ4v) is 3.62. The van der Waals surface area contributed by atoms with Crippen molar-refractivity contribution in [2.45, 2.75) is 13.0 Å². The number of rotatable bonds is 7. The first-order valence-electron chi connectivity index (χ1n) is 9.85. The molecule has 0 fully saturated rings. The lowest BCUT2D eigenvalue weighted by Gasteiger charge is -2.06. The normalized spacial score (nSPS) is 11.6. The number of hydrazone groups is 1. The van der Waals surface area contributed by atoms with Crippen molar-refractivity contribution in [1.29, 1.82) is 0 Å². The molecule has 0 bridgehead atoms. The molecule has 4 rings (SSSR count). The smallest absolute Gasteiger partial charge is 0.241 e. The molecule has 0 unspecified atom stereocenters. The standard InChI is InChI=1S/C25H23N3O2/c1-30-24-15-7-2-9-19(24)10-8-17-26-27-25(29)16-18-28-22-13-5-3-11-20(22)21-12-4-6-14-23(21)28/h2-15,17H,16,18H2,1H3,(H,27,29). The third-order valence-electron chi connectivity index (χ3n) is 5.01. The van der Waals surface area contributed by atoms with Crippen molar-refractivity contribution >= 4 is 40.0 Å². The summed E-state index contributed by atoms with van der Waals surface area (Å²) < 4.78 is 7.49. The zero-order valence-electron chi connectivity index (χ0n) is 16.8. The van der Waals surface area contributed by atoms with E-state index in [0.717, 1.165) is 22.3 Å². The van der Waals surface area contributed by atoms with Gasteiger partial charge in [0.2, 0.25) is 5.91 Å². The van der Waals surface area contributed by atoms with Gasteiger partial charge in [0.15, 0.2) is 0 Å². The van der Waals surface area contributed by atoms with E-state index in [9.17, 15) is 4.79 Å². The highest BCUT2D eigenvalue weighted by molar-refractivity contribution is 6.08. The number of hydrogen-bond donors (Lipinski definition) is 1. The molecule has 150 valence electrons. The first-order chi connectivity index (χ1) is 14.8. The lowest BCUT2D eigenvalue weighted by atomic mass is 10.2. The van der Waals surface area contributed by atoms with Gasteiger partial charge < -0.3 is 9.30 Å². The van der Waals surface area contributed by atoms with E-state index >= 15 is 0 Å². The van der Waals surface area contributed by atoms with Crippen LogP contribution in [0.5, 0.6) is 5.75 Å². The third kappa shape index (κ3) is 4.10. The minimum Gasteiger partial charge on any atom is -0.496 e. The Labute approximate surface area is 175 Å². The summed E-state index contributed by atoms with van der Waals surface area (Å²) in [5.41, 5.74) is 5.81. The second-order valence-corrected chi connectivity index (χ2v) is 6.85. The number of allylic oxidation sites excluding steroid dienone is 1. The summed E-state index contributed by atoms with van der Waals surface area (Å²) in [7, 11) is 1.64. The Kier molecular flexibility index (Phi) is 5.90. The van der Waals surface area contributed by atoms with Crippen LogP contribution in [-0.2, 0) is 11.3 Å². The van der Waals surface area contributed by atoms with Gasteiger partial charge in [0.1, 0.15) is 5.75 Å². The monoisotopic (exact) mass is 397 g/mol. The number of methoxy groups -OCH3 is 1. The van der Waals surface area contributed by atoms with Gasteiger partial charge in [0, 0.05) is 46.5 Å². The number of nitrogens with zero attached hydrogens (tertiary/aromatic N) is 2. The molecule has 4 aromatic rings. The van der Waals surface area contributed by atoms with Crippen molar-refractivity contribution in [2.24, 2.45) is 5.10 Å². The molecule has 1 amide bonds. The predicted molar refractivity (Wildman–Crippen MR) is 123 cm³/mol. The van der Waals surface area contributed by atoms with E-state index < -0.39 is 0 Å². The lowest BCUT2D eigenvalue weighted by molar-refractivity contribution is -0.121. The van der Waals surface area contributed by atoms with Crippen LogP contribution in [0.3, 0.4) is 0 Å². The highest BCUT2D eigenvalue weighted by Gasteiger charge is 2.10. The first kappa shape index (κ1) is 19.5. The first-order valence-corrected chi connectivity index (χ1v) is 9.85. The number of nitrogens with one attached hydrogen (secondary N) is 1. The van der Waals surface area contributed by atoms with E-state index in [4.69, 9.17) is 4.74 Å². The number of fused-ring (bicyclic) bond motifs is 3. The summed E-state index contributed by atoms with van der Waals surface area (Å²) in [5.74, 6) is 0.663. The third-order valence-corrected chi connectivity index (χ3v) is 5.01. The van der Waals surface area contributed by atoms with Crippen molar-refractivity contribution in [3.05, 3.63) is 84.4 Å². The van der Waals surface area contributed by atoms with Crippen molar-refractivity contribution in [1.82, 2.24) is 9.99 Å². The summed E-state index contributed by atoms with van der Waals surface area (Å²) in [6.07, 6.45) is 5.55. The number of hydrogen-bond acceptors (Lipinski definition) is 3. The summed E-state index contributed by atoms with van der Waals surface area (Å²) >= 11 is 0. The summed E-state index contributed by atoms with van der Waals surface area (Å²) in [6, 6.07) is 24.3. The molecule has 1 aromatic heterocycles. The Balaban J connectivity index is 1.38. The van der Waals surface area contributed by atoms with Crippen molar-refractivity contribution in [3.8, 4) is 5.75 Å². The van der Waals surface area contributed by atoms with E-state index in [-0.39, 0.29) is 5.91 Å². The molecule has 1 N–H and O–H groups in total. The van der Waals surface area contributed by atoms with Gasteiger partial charge in [-0.25, -0.2) is 5.43 Å². The predicted octanol–water partition coefficient (Wildman–Crippen LogP) is 5.01. The topological polar surface area (TPSA) is 55.6 Å². The Bertz CT molecular complexity index is 1180. The maximum absolute atomic E-state index is 12.3. The molecule has 0 radical (unpaired) electrons. The number of para-hydroxylation sites is 3. The zero-order valence-corrected chi connectivity index (χ0v) is 16.8. The number of benzene rings is 3. The van der Waals surface area contributed by atoms with E-state index in [1.165, 1.54) is 10.8 Å².